The molecule has 0 amide bonds. The Morgan fingerprint density at radius 1 is 1.50 bits per heavy atom. The van der Waals surface area contributed by atoms with Gasteiger partial charge in [-0.05, 0) is 19.1 Å². The van der Waals surface area contributed by atoms with Gasteiger partial charge < -0.3 is 5.21 Å². The van der Waals surface area contributed by atoms with E-state index in [0.717, 1.165) is 6.20 Å². The molecule has 3 nitrogen and oxygen atoms in total. The first-order chi connectivity index (χ1) is 6.46. The van der Waals surface area contributed by atoms with E-state index in [-0.39, 0.29) is 11.3 Å². The van der Waals surface area contributed by atoms with Crippen LogP contribution in [-0.4, -0.2) is 15.9 Å². The molecule has 0 radical (unpaired) electrons. The van der Waals surface area contributed by atoms with E-state index in [9.17, 15) is 13.2 Å². The third kappa shape index (κ3) is 2.01. The molecule has 14 heavy (non-hydrogen) atoms. The van der Waals surface area contributed by atoms with Crippen molar-refractivity contribution in [1.82, 2.24) is 4.98 Å². The zero-order valence-corrected chi connectivity index (χ0v) is 7.21. The zero-order chi connectivity index (χ0) is 10.8. The zero-order valence-electron chi connectivity index (χ0n) is 7.21. The smallest absolute Gasteiger partial charge is 0.411 e. The van der Waals surface area contributed by atoms with Crippen LogP contribution in [0.2, 0.25) is 0 Å². The van der Waals surface area contributed by atoms with Gasteiger partial charge in [-0.3, -0.25) is 4.98 Å². The van der Waals surface area contributed by atoms with Crippen molar-refractivity contribution in [2.45, 2.75) is 13.1 Å². The van der Waals surface area contributed by atoms with Crippen molar-refractivity contribution in [1.29, 1.82) is 0 Å². The number of pyridine rings is 1. The summed E-state index contributed by atoms with van der Waals surface area (Å²) < 4.78 is 37.0. The second-order valence-corrected chi connectivity index (χ2v) is 2.58. The van der Waals surface area contributed by atoms with Crippen molar-refractivity contribution in [2.24, 2.45) is 5.16 Å². The molecule has 0 atom stereocenters. The summed E-state index contributed by atoms with van der Waals surface area (Å²) >= 11 is 0. The summed E-state index contributed by atoms with van der Waals surface area (Å²) in [6.07, 6.45) is -3.50. The highest BCUT2D eigenvalue weighted by molar-refractivity contribution is 5.99. The van der Waals surface area contributed by atoms with Crippen molar-refractivity contribution >= 4 is 5.71 Å². The number of hydrogen-bond acceptors (Lipinski definition) is 3. The number of halogens is 3. The molecular weight excluding hydrogens is 197 g/mol. The molecule has 0 fully saturated rings. The fourth-order valence-corrected chi connectivity index (χ4v) is 0.977. The normalized spacial score (nSPS) is 13.0. The van der Waals surface area contributed by atoms with Gasteiger partial charge >= 0.3 is 6.18 Å². The summed E-state index contributed by atoms with van der Waals surface area (Å²) in [5.41, 5.74) is -1.39. The van der Waals surface area contributed by atoms with E-state index >= 15 is 0 Å². The Balaban J connectivity index is 3.31. The topological polar surface area (TPSA) is 45.5 Å². The number of nitrogens with zero attached hydrogens (tertiary/aromatic N) is 2. The molecule has 76 valence electrons. The summed E-state index contributed by atoms with van der Waals surface area (Å²) in [6.45, 7) is 1.27. The maximum absolute atomic E-state index is 12.3. The number of aromatic nitrogens is 1. The molecule has 0 aliphatic rings. The van der Waals surface area contributed by atoms with Gasteiger partial charge in [0.2, 0.25) is 0 Å². The molecule has 0 aliphatic carbocycles. The molecule has 1 aromatic heterocycles. The van der Waals surface area contributed by atoms with Gasteiger partial charge in [0.15, 0.2) is 5.69 Å². The lowest BCUT2D eigenvalue weighted by Crippen LogP contribution is -2.14. The fraction of sp³-hybridized carbons (Fsp3) is 0.250. The average molecular weight is 204 g/mol. The van der Waals surface area contributed by atoms with Gasteiger partial charge in [0.25, 0.3) is 0 Å². The van der Waals surface area contributed by atoms with Crippen LogP contribution >= 0.6 is 0 Å². The first-order valence-corrected chi connectivity index (χ1v) is 3.68. The number of alkyl halides is 3. The molecule has 1 rings (SSSR count). The van der Waals surface area contributed by atoms with Gasteiger partial charge in [0.1, 0.15) is 0 Å². The summed E-state index contributed by atoms with van der Waals surface area (Å²) in [6, 6.07) is 2.55. The standard InChI is InChI=1S/C8H7F3N2O/c1-5(13-14)6-3-2-4-12-7(6)8(9,10)11/h2-4,14H,1H3/b13-5+. The predicted molar refractivity (Wildman–Crippen MR) is 43.2 cm³/mol. The van der Waals surface area contributed by atoms with Crippen molar-refractivity contribution in [2.75, 3.05) is 0 Å². The largest absolute Gasteiger partial charge is 0.434 e. The summed E-state index contributed by atoms with van der Waals surface area (Å²) in [4.78, 5) is 3.20. The molecule has 1 aromatic rings. The molecule has 1 heterocycles. The van der Waals surface area contributed by atoms with Crippen molar-refractivity contribution < 1.29 is 18.4 Å². The lowest BCUT2D eigenvalue weighted by atomic mass is 10.1. The fourth-order valence-electron chi connectivity index (χ4n) is 0.977. The molecule has 0 saturated carbocycles. The maximum atomic E-state index is 12.3. The lowest BCUT2D eigenvalue weighted by Gasteiger charge is -2.09. The Bertz CT molecular complexity index is 360. The molecular formula is C8H7F3N2O. The van der Waals surface area contributed by atoms with Crippen molar-refractivity contribution in [3.05, 3.63) is 29.6 Å². The molecule has 0 spiro atoms. The average Bonchev–Trinajstić information content (AvgIpc) is 2.15. The van der Waals surface area contributed by atoms with E-state index in [1.807, 2.05) is 0 Å². The van der Waals surface area contributed by atoms with Crippen LogP contribution in [0, 0.1) is 0 Å². The second-order valence-electron chi connectivity index (χ2n) is 2.58. The maximum Gasteiger partial charge on any atom is 0.434 e. The van der Waals surface area contributed by atoms with Crippen LogP contribution in [0.1, 0.15) is 18.2 Å². The lowest BCUT2D eigenvalue weighted by molar-refractivity contribution is -0.141. The molecule has 0 aromatic carbocycles. The minimum absolute atomic E-state index is 0.120. The Labute approximate surface area is 77.9 Å². The number of oxime groups is 1. The van der Waals surface area contributed by atoms with Crippen LogP contribution in [0.5, 0.6) is 0 Å². The highest BCUT2D eigenvalue weighted by atomic mass is 19.4. The van der Waals surface area contributed by atoms with E-state index in [0.29, 0.717) is 0 Å². The van der Waals surface area contributed by atoms with Gasteiger partial charge in [0.05, 0.1) is 5.71 Å². The Hall–Kier alpha value is -1.59. The highest BCUT2D eigenvalue weighted by Crippen LogP contribution is 2.30. The summed E-state index contributed by atoms with van der Waals surface area (Å²) in [5, 5.41) is 11.1. The Morgan fingerprint density at radius 2 is 2.14 bits per heavy atom. The van der Waals surface area contributed by atoms with Gasteiger partial charge in [0, 0.05) is 11.8 Å². The molecule has 6 heteroatoms. The monoisotopic (exact) mass is 204 g/mol. The summed E-state index contributed by atoms with van der Waals surface area (Å²) in [7, 11) is 0. The van der Waals surface area contributed by atoms with Crippen LogP contribution in [-0.2, 0) is 6.18 Å². The first kappa shape index (κ1) is 10.5. The van der Waals surface area contributed by atoms with Crippen LogP contribution < -0.4 is 0 Å². The quantitative estimate of drug-likeness (QED) is 0.433. The van der Waals surface area contributed by atoms with E-state index in [1.165, 1.54) is 19.1 Å². The van der Waals surface area contributed by atoms with Gasteiger partial charge in [-0.25, -0.2) is 0 Å². The molecule has 0 bridgehead atoms. The molecule has 0 saturated heterocycles. The van der Waals surface area contributed by atoms with Gasteiger partial charge in [-0.1, -0.05) is 5.16 Å². The van der Waals surface area contributed by atoms with Crippen LogP contribution in [0.25, 0.3) is 0 Å². The minimum Gasteiger partial charge on any atom is -0.411 e. The van der Waals surface area contributed by atoms with Gasteiger partial charge in [-0.15, -0.1) is 0 Å². The van der Waals surface area contributed by atoms with Gasteiger partial charge in [-0.2, -0.15) is 13.2 Å². The van der Waals surface area contributed by atoms with Crippen LogP contribution in [0.15, 0.2) is 23.5 Å². The van der Waals surface area contributed by atoms with E-state index < -0.39 is 11.9 Å². The van der Waals surface area contributed by atoms with Crippen molar-refractivity contribution in [3.8, 4) is 0 Å². The second kappa shape index (κ2) is 3.65. The van der Waals surface area contributed by atoms with E-state index in [2.05, 4.69) is 10.1 Å². The van der Waals surface area contributed by atoms with Crippen molar-refractivity contribution in [3.63, 3.8) is 0 Å². The minimum atomic E-state index is -4.54. The van der Waals surface area contributed by atoms with Crippen LogP contribution in [0.3, 0.4) is 0 Å². The number of rotatable bonds is 1. The third-order valence-electron chi connectivity index (χ3n) is 1.62. The first-order valence-electron chi connectivity index (χ1n) is 3.68. The van der Waals surface area contributed by atoms with Crippen LogP contribution in [0.4, 0.5) is 13.2 Å². The molecule has 1 N–H and O–H groups in total. The Kier molecular flexibility index (Phi) is 2.73. The highest BCUT2D eigenvalue weighted by Gasteiger charge is 2.35. The summed E-state index contributed by atoms with van der Waals surface area (Å²) in [5.74, 6) is 0. The molecule has 0 unspecified atom stereocenters. The molecule has 0 aliphatic heterocycles. The SMILES string of the molecule is C/C(=N\O)c1cccnc1C(F)(F)F. The Morgan fingerprint density at radius 3 is 2.64 bits per heavy atom. The third-order valence-corrected chi connectivity index (χ3v) is 1.62. The predicted octanol–water partition coefficient (Wildman–Crippen LogP) is 2.30. The van der Waals surface area contributed by atoms with E-state index in [1.54, 1.807) is 0 Å². The number of hydrogen-bond donors (Lipinski definition) is 1. The van der Waals surface area contributed by atoms with E-state index in [4.69, 9.17) is 5.21 Å².